The number of anilines is 2. The molecule has 152 valence electrons. The van der Waals surface area contributed by atoms with Gasteiger partial charge in [-0.15, -0.1) is 0 Å². The highest BCUT2D eigenvalue weighted by atomic mass is 32.1. The van der Waals surface area contributed by atoms with Crippen molar-refractivity contribution in [3.63, 3.8) is 0 Å². The van der Waals surface area contributed by atoms with Gasteiger partial charge < -0.3 is 15.8 Å². The molecule has 1 atom stereocenters. The molecule has 1 heterocycles. The number of ether oxygens (including phenoxy) is 1. The second kappa shape index (κ2) is 8.59. The first-order valence-corrected chi connectivity index (χ1v) is 9.24. The third-order valence-electron chi connectivity index (χ3n) is 3.64. The molecule has 1 aromatic heterocycles. The summed E-state index contributed by atoms with van der Waals surface area (Å²) < 4.78 is 44.2. The van der Waals surface area contributed by atoms with Crippen molar-refractivity contribution in [1.29, 1.82) is 0 Å². The number of nitrogens with two attached hydrogens (primary N) is 1. The average Bonchev–Trinajstić information content (AvgIpc) is 2.93. The Bertz CT molecular complexity index is 865. The largest absolute Gasteiger partial charge is 0.448 e. The molecule has 0 aliphatic rings. The fourth-order valence-electron chi connectivity index (χ4n) is 2.40. The summed E-state index contributed by atoms with van der Waals surface area (Å²) in [6.07, 6.45) is -5.45. The number of halogens is 3. The quantitative estimate of drug-likeness (QED) is 0.692. The minimum absolute atomic E-state index is 0.182. The highest BCUT2D eigenvalue weighted by Crippen LogP contribution is 2.34. The molecule has 2 aromatic rings. The van der Waals surface area contributed by atoms with Gasteiger partial charge >= 0.3 is 12.1 Å². The van der Waals surface area contributed by atoms with Gasteiger partial charge in [-0.3, -0.25) is 4.79 Å². The molecule has 0 bridgehead atoms. The van der Waals surface area contributed by atoms with Crippen molar-refractivity contribution in [2.24, 2.45) is 5.92 Å². The number of amides is 1. The summed E-state index contributed by atoms with van der Waals surface area (Å²) in [5.74, 6) is -1.46. The lowest BCUT2D eigenvalue weighted by molar-refractivity contribution is -0.137. The molecule has 0 aliphatic carbocycles. The van der Waals surface area contributed by atoms with Crippen LogP contribution in [-0.4, -0.2) is 23.0 Å². The first-order valence-electron chi connectivity index (χ1n) is 8.42. The van der Waals surface area contributed by atoms with Crippen LogP contribution in [0.5, 0.6) is 0 Å². The van der Waals surface area contributed by atoms with Crippen molar-refractivity contribution < 1.29 is 27.5 Å². The summed E-state index contributed by atoms with van der Waals surface area (Å²) >= 11 is 0.940. The van der Waals surface area contributed by atoms with E-state index in [0.717, 1.165) is 23.5 Å². The Labute approximate surface area is 163 Å². The van der Waals surface area contributed by atoms with Crippen LogP contribution in [0.25, 0.3) is 0 Å². The van der Waals surface area contributed by atoms with Gasteiger partial charge in [0.05, 0.1) is 16.9 Å². The zero-order valence-corrected chi connectivity index (χ0v) is 16.3. The normalized spacial score (nSPS) is 12.7. The smallest absolute Gasteiger partial charge is 0.418 e. The Kier molecular flexibility index (Phi) is 6.65. The highest BCUT2D eigenvalue weighted by molar-refractivity contribution is 7.17. The Hall–Kier alpha value is -2.62. The number of aromatic nitrogens is 1. The van der Waals surface area contributed by atoms with Crippen LogP contribution < -0.4 is 11.1 Å². The molecule has 0 spiro atoms. The van der Waals surface area contributed by atoms with Gasteiger partial charge in [-0.1, -0.05) is 37.3 Å². The number of nitrogens with zero attached hydrogens (tertiary/aromatic N) is 1. The zero-order chi connectivity index (χ0) is 21.1. The molecule has 3 N–H and O–H groups in total. The first-order chi connectivity index (χ1) is 13.0. The monoisotopic (exact) mass is 415 g/mol. The number of hydrogen-bond acceptors (Lipinski definition) is 6. The number of benzene rings is 1. The van der Waals surface area contributed by atoms with Gasteiger partial charge in [-0.2, -0.15) is 13.2 Å². The standard InChI is InChI=1S/C18H20F3N3O3S/c1-9(2)8-13-14(28-17(22)24-13)16(26)27-10(3)15(25)23-12-7-5-4-6-11(12)18(19,20)21/h4-7,9-10H,8H2,1-3H3,(H2,22,24)(H,23,25). The van der Waals surface area contributed by atoms with Gasteiger partial charge in [-0.05, 0) is 31.4 Å². The van der Waals surface area contributed by atoms with Crippen LogP contribution in [0.3, 0.4) is 0 Å². The number of thiazole rings is 1. The van der Waals surface area contributed by atoms with E-state index in [1.165, 1.54) is 19.1 Å². The van der Waals surface area contributed by atoms with Crippen LogP contribution >= 0.6 is 11.3 Å². The van der Waals surface area contributed by atoms with Crippen LogP contribution in [-0.2, 0) is 22.1 Å². The maximum Gasteiger partial charge on any atom is 0.418 e. The molecule has 1 unspecified atom stereocenters. The summed E-state index contributed by atoms with van der Waals surface area (Å²) in [5.41, 5.74) is 4.73. The summed E-state index contributed by atoms with van der Waals surface area (Å²) in [6, 6.07) is 4.55. The second-order valence-electron chi connectivity index (χ2n) is 6.51. The lowest BCUT2D eigenvalue weighted by atomic mass is 10.1. The average molecular weight is 415 g/mol. The van der Waals surface area contributed by atoms with Crippen molar-refractivity contribution in [3.8, 4) is 0 Å². The van der Waals surface area contributed by atoms with E-state index in [2.05, 4.69) is 10.3 Å². The van der Waals surface area contributed by atoms with Crippen molar-refractivity contribution in [3.05, 3.63) is 40.4 Å². The molecule has 1 amide bonds. The van der Waals surface area contributed by atoms with Crippen molar-refractivity contribution in [2.45, 2.75) is 39.5 Å². The Morgan fingerprint density at radius 2 is 1.89 bits per heavy atom. The van der Waals surface area contributed by atoms with E-state index >= 15 is 0 Å². The summed E-state index contributed by atoms with van der Waals surface area (Å²) in [6.45, 7) is 5.16. The van der Waals surface area contributed by atoms with Crippen molar-refractivity contribution in [2.75, 3.05) is 11.1 Å². The van der Waals surface area contributed by atoms with Crippen LogP contribution in [0.4, 0.5) is 24.0 Å². The van der Waals surface area contributed by atoms with E-state index in [1.807, 2.05) is 13.8 Å². The lowest BCUT2D eigenvalue weighted by Gasteiger charge is -2.16. The molecule has 2 rings (SSSR count). The van der Waals surface area contributed by atoms with E-state index in [1.54, 1.807) is 0 Å². The Morgan fingerprint density at radius 1 is 1.25 bits per heavy atom. The number of esters is 1. The number of nitrogen functional groups attached to an aromatic ring is 1. The van der Waals surface area contributed by atoms with Gasteiger partial charge in [0.1, 0.15) is 4.88 Å². The maximum absolute atomic E-state index is 13.0. The van der Waals surface area contributed by atoms with Gasteiger partial charge in [0.15, 0.2) is 11.2 Å². The summed E-state index contributed by atoms with van der Waals surface area (Å²) in [5, 5.41) is 2.35. The van der Waals surface area contributed by atoms with Gasteiger partial charge in [0.25, 0.3) is 5.91 Å². The van der Waals surface area contributed by atoms with E-state index in [4.69, 9.17) is 10.5 Å². The molecular weight excluding hydrogens is 395 g/mol. The van der Waals surface area contributed by atoms with Crippen LogP contribution in [0, 0.1) is 5.92 Å². The van der Waals surface area contributed by atoms with E-state index in [9.17, 15) is 22.8 Å². The number of alkyl halides is 3. The SMILES string of the molecule is CC(C)Cc1nc(N)sc1C(=O)OC(C)C(=O)Nc1ccccc1C(F)(F)F. The Balaban J connectivity index is 2.11. The second-order valence-corrected chi connectivity index (χ2v) is 7.54. The molecule has 1 aromatic carbocycles. The number of nitrogens with one attached hydrogen (secondary N) is 1. The number of hydrogen-bond donors (Lipinski definition) is 2. The zero-order valence-electron chi connectivity index (χ0n) is 15.5. The van der Waals surface area contributed by atoms with Crippen molar-refractivity contribution in [1.82, 2.24) is 4.98 Å². The lowest BCUT2D eigenvalue weighted by Crippen LogP contribution is -2.30. The van der Waals surface area contributed by atoms with E-state index in [0.29, 0.717) is 12.1 Å². The first kappa shape index (κ1) is 21.7. The fraction of sp³-hybridized carbons (Fsp3) is 0.389. The molecule has 10 heteroatoms. The van der Waals surface area contributed by atoms with Crippen LogP contribution in [0.2, 0.25) is 0 Å². The van der Waals surface area contributed by atoms with Crippen molar-refractivity contribution >= 4 is 34.0 Å². The molecule has 0 saturated heterocycles. The molecule has 0 radical (unpaired) electrons. The predicted molar refractivity (Wildman–Crippen MR) is 100 cm³/mol. The molecule has 28 heavy (non-hydrogen) atoms. The van der Waals surface area contributed by atoms with E-state index in [-0.39, 0.29) is 15.9 Å². The topological polar surface area (TPSA) is 94.3 Å². The third-order valence-corrected chi connectivity index (χ3v) is 4.55. The third kappa shape index (κ3) is 5.44. The molecule has 0 fully saturated rings. The van der Waals surface area contributed by atoms with Gasteiger partial charge in [0.2, 0.25) is 0 Å². The highest BCUT2D eigenvalue weighted by Gasteiger charge is 2.34. The number of para-hydroxylation sites is 1. The van der Waals surface area contributed by atoms with Crippen LogP contribution in [0.1, 0.15) is 41.7 Å². The van der Waals surface area contributed by atoms with Crippen LogP contribution in [0.15, 0.2) is 24.3 Å². The van der Waals surface area contributed by atoms with Gasteiger partial charge in [0, 0.05) is 0 Å². The molecule has 0 aliphatic heterocycles. The molecule has 0 saturated carbocycles. The number of rotatable bonds is 6. The maximum atomic E-state index is 13.0. The summed E-state index contributed by atoms with van der Waals surface area (Å²) in [7, 11) is 0. The van der Waals surface area contributed by atoms with E-state index < -0.39 is 35.4 Å². The summed E-state index contributed by atoms with van der Waals surface area (Å²) in [4.78, 5) is 28.9. The number of carbonyl (C=O) groups is 2. The Morgan fingerprint density at radius 3 is 2.50 bits per heavy atom. The predicted octanol–water partition coefficient (Wildman–Crippen LogP) is 4.13. The molecular formula is C18H20F3N3O3S. The molecule has 6 nitrogen and oxygen atoms in total. The van der Waals surface area contributed by atoms with Gasteiger partial charge in [-0.25, -0.2) is 9.78 Å². The minimum Gasteiger partial charge on any atom is -0.448 e. The minimum atomic E-state index is -4.63. The fourth-order valence-corrected chi connectivity index (χ4v) is 3.14. The number of carbonyl (C=O) groups excluding carboxylic acids is 2.